The van der Waals surface area contributed by atoms with Crippen molar-refractivity contribution in [3.8, 4) is 5.75 Å². The van der Waals surface area contributed by atoms with Crippen molar-refractivity contribution in [3.05, 3.63) is 23.8 Å². The maximum Gasteiger partial charge on any atom is 0.251 e. The molecular weight excluding hydrogens is 438 g/mol. The molecule has 1 unspecified atom stereocenters. The number of rotatable bonds is 6. The van der Waals surface area contributed by atoms with Gasteiger partial charge in [0.25, 0.3) is 5.91 Å². The average molecular weight is 478 g/mol. The van der Waals surface area contributed by atoms with Crippen LogP contribution in [0.1, 0.15) is 81.0 Å². The smallest absolute Gasteiger partial charge is 0.251 e. The molecule has 184 valence electrons. The number of ether oxygens (including phenoxy) is 1. The van der Waals surface area contributed by atoms with Crippen LogP contribution in [0.4, 0.5) is 0 Å². The van der Waals surface area contributed by atoms with Gasteiger partial charge < -0.3 is 10.1 Å². The van der Waals surface area contributed by atoms with E-state index < -0.39 is 10.0 Å². The molecule has 0 radical (unpaired) electrons. The van der Waals surface area contributed by atoms with Crippen LogP contribution in [0.5, 0.6) is 5.75 Å². The van der Waals surface area contributed by atoms with Crippen molar-refractivity contribution in [1.29, 1.82) is 0 Å². The van der Waals surface area contributed by atoms with Gasteiger partial charge in [-0.25, -0.2) is 8.42 Å². The van der Waals surface area contributed by atoms with E-state index in [2.05, 4.69) is 10.2 Å². The fourth-order valence-electron chi connectivity index (χ4n) is 5.57. The molecule has 8 heteroatoms. The third kappa shape index (κ3) is 5.89. The Balaban J connectivity index is 1.45. The average Bonchev–Trinajstić information content (AvgIpc) is 3.03. The minimum absolute atomic E-state index is 0.0889. The van der Waals surface area contributed by atoms with Crippen molar-refractivity contribution in [2.45, 2.75) is 87.6 Å². The van der Waals surface area contributed by atoms with Crippen molar-refractivity contribution >= 4 is 15.9 Å². The van der Waals surface area contributed by atoms with Crippen LogP contribution in [0.2, 0.25) is 0 Å². The Morgan fingerprint density at radius 1 is 0.939 bits per heavy atom. The van der Waals surface area contributed by atoms with Gasteiger partial charge in [-0.15, -0.1) is 0 Å². The lowest BCUT2D eigenvalue weighted by molar-refractivity contribution is 0.0935. The Morgan fingerprint density at radius 2 is 1.61 bits per heavy atom. The van der Waals surface area contributed by atoms with Crippen LogP contribution in [0.3, 0.4) is 0 Å². The standard InChI is InChI=1S/C25H39N3O4S/c1-32-23-13-12-20(18-24(23)33(30,31)28-15-8-4-5-9-16-28)25(29)26-21-14-17-27(19-21)22-10-6-2-3-7-11-22/h12-13,18,21-22H,2-11,14-17,19H2,1H3,(H,26,29). The molecule has 0 spiro atoms. The summed E-state index contributed by atoms with van der Waals surface area (Å²) in [4.78, 5) is 15.7. The molecule has 1 atom stereocenters. The van der Waals surface area contributed by atoms with E-state index in [0.717, 1.165) is 45.2 Å². The van der Waals surface area contributed by atoms with E-state index in [9.17, 15) is 13.2 Å². The third-order valence-electron chi connectivity index (χ3n) is 7.50. The Hall–Kier alpha value is -1.64. The van der Waals surface area contributed by atoms with Gasteiger partial charge in [0.1, 0.15) is 10.6 Å². The van der Waals surface area contributed by atoms with Gasteiger partial charge in [-0.2, -0.15) is 4.31 Å². The normalized spacial score (nSPS) is 24.2. The number of carbonyl (C=O) groups is 1. The van der Waals surface area contributed by atoms with Gasteiger partial charge in [0, 0.05) is 43.8 Å². The second-order valence-electron chi connectivity index (χ2n) is 9.78. The number of amides is 1. The predicted octanol–water partition coefficient (Wildman–Crippen LogP) is 3.79. The Morgan fingerprint density at radius 3 is 2.27 bits per heavy atom. The highest BCUT2D eigenvalue weighted by Crippen LogP contribution is 2.30. The number of hydrogen-bond acceptors (Lipinski definition) is 5. The van der Waals surface area contributed by atoms with Gasteiger partial charge in [0.2, 0.25) is 10.0 Å². The number of nitrogens with zero attached hydrogens (tertiary/aromatic N) is 2. The Bertz CT molecular complexity index is 904. The van der Waals surface area contributed by atoms with Crippen LogP contribution in [0.25, 0.3) is 0 Å². The number of carbonyl (C=O) groups excluding carboxylic acids is 1. The second-order valence-corrected chi connectivity index (χ2v) is 11.7. The minimum atomic E-state index is -3.72. The summed E-state index contributed by atoms with van der Waals surface area (Å²) in [6.07, 6.45) is 12.6. The molecule has 4 rings (SSSR count). The van der Waals surface area contributed by atoms with Gasteiger partial charge in [0.15, 0.2) is 0 Å². The molecule has 1 N–H and O–H groups in total. The van der Waals surface area contributed by atoms with Gasteiger partial charge in [-0.05, 0) is 50.3 Å². The first-order valence-electron chi connectivity index (χ1n) is 12.7. The van der Waals surface area contributed by atoms with Gasteiger partial charge in [-0.1, -0.05) is 38.5 Å². The van der Waals surface area contributed by atoms with E-state index in [1.165, 1.54) is 51.7 Å². The van der Waals surface area contributed by atoms with Crippen LogP contribution in [-0.2, 0) is 10.0 Å². The van der Waals surface area contributed by atoms with Crippen LogP contribution < -0.4 is 10.1 Å². The fourth-order valence-corrected chi connectivity index (χ4v) is 7.27. The molecule has 7 nitrogen and oxygen atoms in total. The van der Waals surface area contributed by atoms with Crippen molar-refractivity contribution in [1.82, 2.24) is 14.5 Å². The van der Waals surface area contributed by atoms with E-state index in [-0.39, 0.29) is 22.6 Å². The summed E-state index contributed by atoms with van der Waals surface area (Å²) >= 11 is 0. The van der Waals surface area contributed by atoms with Crippen molar-refractivity contribution in [2.75, 3.05) is 33.3 Å². The van der Waals surface area contributed by atoms with E-state index in [0.29, 0.717) is 24.7 Å². The molecule has 1 aliphatic carbocycles. The maximum atomic E-state index is 13.4. The van der Waals surface area contributed by atoms with E-state index in [1.54, 1.807) is 16.4 Å². The van der Waals surface area contributed by atoms with Crippen LogP contribution in [0, 0.1) is 0 Å². The molecule has 0 bridgehead atoms. The number of sulfonamides is 1. The van der Waals surface area contributed by atoms with Gasteiger partial charge >= 0.3 is 0 Å². The van der Waals surface area contributed by atoms with Gasteiger partial charge in [-0.3, -0.25) is 9.69 Å². The molecule has 2 saturated heterocycles. The third-order valence-corrected chi connectivity index (χ3v) is 9.42. The molecule has 0 aromatic heterocycles. The maximum absolute atomic E-state index is 13.4. The highest BCUT2D eigenvalue weighted by atomic mass is 32.2. The second kappa shape index (κ2) is 11.2. The summed E-state index contributed by atoms with van der Waals surface area (Å²) in [5.41, 5.74) is 0.372. The summed E-state index contributed by atoms with van der Waals surface area (Å²) in [5, 5.41) is 3.16. The first-order valence-corrected chi connectivity index (χ1v) is 14.2. The molecule has 2 aliphatic heterocycles. The molecule has 3 aliphatic rings. The lowest BCUT2D eigenvalue weighted by atomic mass is 10.1. The van der Waals surface area contributed by atoms with E-state index in [4.69, 9.17) is 4.74 Å². The summed E-state index contributed by atoms with van der Waals surface area (Å²) in [5.74, 6) is 0.0777. The number of benzene rings is 1. The summed E-state index contributed by atoms with van der Waals surface area (Å²) in [7, 11) is -2.25. The lowest BCUT2D eigenvalue weighted by Crippen LogP contribution is -2.40. The number of hydrogen-bond donors (Lipinski definition) is 1. The minimum Gasteiger partial charge on any atom is -0.495 e. The Kier molecular flexibility index (Phi) is 8.30. The highest BCUT2D eigenvalue weighted by Gasteiger charge is 2.31. The molecule has 2 heterocycles. The quantitative estimate of drug-likeness (QED) is 0.631. The van der Waals surface area contributed by atoms with Crippen molar-refractivity contribution in [3.63, 3.8) is 0 Å². The molecular formula is C25H39N3O4S. The number of nitrogens with one attached hydrogen (secondary N) is 1. The van der Waals surface area contributed by atoms with Crippen molar-refractivity contribution in [2.24, 2.45) is 0 Å². The zero-order chi connectivity index (χ0) is 23.3. The predicted molar refractivity (Wildman–Crippen MR) is 129 cm³/mol. The summed E-state index contributed by atoms with van der Waals surface area (Å²) in [6, 6.07) is 5.50. The van der Waals surface area contributed by atoms with Crippen LogP contribution in [-0.4, -0.2) is 68.9 Å². The number of methoxy groups -OCH3 is 1. The molecule has 33 heavy (non-hydrogen) atoms. The highest BCUT2D eigenvalue weighted by molar-refractivity contribution is 7.89. The monoisotopic (exact) mass is 477 g/mol. The molecule has 1 aromatic carbocycles. The SMILES string of the molecule is COc1ccc(C(=O)NC2CCN(C3CCCCCC3)C2)cc1S(=O)(=O)N1CCCCCC1. The first kappa shape index (κ1) is 24.5. The fraction of sp³-hybridized carbons (Fsp3) is 0.720. The summed E-state index contributed by atoms with van der Waals surface area (Å²) in [6.45, 7) is 2.93. The van der Waals surface area contributed by atoms with Crippen LogP contribution >= 0.6 is 0 Å². The van der Waals surface area contributed by atoms with E-state index in [1.807, 2.05) is 0 Å². The summed E-state index contributed by atoms with van der Waals surface area (Å²) < 4.78 is 33.7. The largest absolute Gasteiger partial charge is 0.495 e. The Labute approximate surface area is 198 Å². The van der Waals surface area contributed by atoms with Gasteiger partial charge in [0.05, 0.1) is 7.11 Å². The molecule has 1 amide bonds. The molecule has 1 saturated carbocycles. The number of likely N-dealkylation sites (tertiary alicyclic amines) is 1. The molecule has 1 aromatic rings. The van der Waals surface area contributed by atoms with Crippen molar-refractivity contribution < 1.29 is 17.9 Å². The molecule has 3 fully saturated rings. The van der Waals surface area contributed by atoms with Crippen LogP contribution in [0.15, 0.2) is 23.1 Å². The van der Waals surface area contributed by atoms with E-state index >= 15 is 0 Å². The zero-order valence-electron chi connectivity index (χ0n) is 19.9. The zero-order valence-corrected chi connectivity index (χ0v) is 20.7. The topological polar surface area (TPSA) is 79.0 Å². The lowest BCUT2D eigenvalue weighted by Gasteiger charge is -2.26. The first-order chi connectivity index (χ1) is 16.0.